The molecule has 1 aromatic carbocycles. The van der Waals surface area contributed by atoms with Gasteiger partial charge in [-0.3, -0.25) is 0 Å². The van der Waals surface area contributed by atoms with Crippen molar-refractivity contribution in [2.24, 2.45) is 0 Å². The minimum atomic E-state index is -0.506. The number of hydrogen-bond acceptors (Lipinski definition) is 4. The topological polar surface area (TPSA) is 41.5 Å². The first-order valence-corrected chi connectivity index (χ1v) is 7.88. The molecule has 0 amide bonds. The second-order valence-corrected chi connectivity index (χ2v) is 5.85. The van der Waals surface area contributed by atoms with Crippen molar-refractivity contribution >= 4 is 11.8 Å². The Morgan fingerprint density at radius 1 is 1.35 bits per heavy atom. The van der Waals surface area contributed by atoms with E-state index in [1.165, 1.54) is 0 Å². The maximum Gasteiger partial charge on any atom is 0.119 e. The molecule has 1 rings (SSSR count). The molecule has 4 heteroatoms. The summed E-state index contributed by atoms with van der Waals surface area (Å²) in [7, 11) is 0. The van der Waals surface area contributed by atoms with Crippen LogP contribution in [0.5, 0.6) is 5.75 Å². The molecule has 0 aliphatic rings. The maximum atomic E-state index is 9.83. The number of nitrogens with one attached hydrogen (secondary N) is 1. The van der Waals surface area contributed by atoms with Crippen LogP contribution < -0.4 is 10.1 Å². The Balaban J connectivity index is 2.16. The number of hydrogen-bond donors (Lipinski definition) is 2. The highest BCUT2D eigenvalue weighted by atomic mass is 32.2. The van der Waals surface area contributed by atoms with Crippen LogP contribution in [-0.2, 0) is 0 Å². The van der Waals surface area contributed by atoms with Gasteiger partial charge in [-0.2, -0.15) is 0 Å². The molecule has 0 saturated heterocycles. The quantitative estimate of drug-likeness (QED) is 0.540. The zero-order chi connectivity index (χ0) is 14.8. The lowest BCUT2D eigenvalue weighted by Gasteiger charge is -2.14. The van der Waals surface area contributed by atoms with Crippen LogP contribution >= 0.6 is 11.8 Å². The van der Waals surface area contributed by atoms with Crippen LogP contribution in [0, 0.1) is 26.2 Å². The average Bonchev–Trinajstić information content (AvgIpc) is 2.39. The Hall–Kier alpha value is -1.15. The molecule has 20 heavy (non-hydrogen) atoms. The molecular weight excluding hydrogens is 270 g/mol. The Morgan fingerprint density at radius 2 is 2.05 bits per heavy atom. The predicted octanol–water partition coefficient (Wildman–Crippen LogP) is 2.00. The predicted molar refractivity (Wildman–Crippen MR) is 86.4 cm³/mol. The van der Waals surface area contributed by atoms with Crippen molar-refractivity contribution in [1.29, 1.82) is 0 Å². The van der Waals surface area contributed by atoms with E-state index in [-0.39, 0.29) is 0 Å². The smallest absolute Gasteiger partial charge is 0.119 e. The Morgan fingerprint density at radius 3 is 2.70 bits per heavy atom. The molecule has 1 unspecified atom stereocenters. The van der Waals surface area contributed by atoms with Gasteiger partial charge in [0.2, 0.25) is 0 Å². The Kier molecular flexibility index (Phi) is 8.20. The minimum Gasteiger partial charge on any atom is -0.491 e. The molecule has 0 bridgehead atoms. The fourth-order valence-electron chi connectivity index (χ4n) is 1.81. The SMILES string of the molecule is C#CCSCCNCC(O)COc1cc(C)cc(C)c1. The van der Waals surface area contributed by atoms with Gasteiger partial charge in [-0.1, -0.05) is 12.0 Å². The van der Waals surface area contributed by atoms with Gasteiger partial charge in [-0.25, -0.2) is 0 Å². The van der Waals surface area contributed by atoms with Crippen LogP contribution in [0.4, 0.5) is 0 Å². The summed E-state index contributed by atoms with van der Waals surface area (Å²) in [5, 5.41) is 13.0. The van der Waals surface area contributed by atoms with Crippen molar-refractivity contribution in [3.63, 3.8) is 0 Å². The van der Waals surface area contributed by atoms with Crippen LogP contribution in [-0.4, -0.2) is 42.4 Å². The second kappa shape index (κ2) is 9.71. The van der Waals surface area contributed by atoms with E-state index in [1.807, 2.05) is 26.0 Å². The second-order valence-electron chi connectivity index (χ2n) is 4.75. The minimum absolute atomic E-state index is 0.299. The number of aliphatic hydroxyl groups excluding tert-OH is 1. The van der Waals surface area contributed by atoms with E-state index in [0.29, 0.717) is 13.2 Å². The zero-order valence-corrected chi connectivity index (χ0v) is 13.0. The number of terminal acetylenes is 1. The van der Waals surface area contributed by atoms with Crippen LogP contribution in [0.1, 0.15) is 11.1 Å². The number of thioether (sulfide) groups is 1. The third-order valence-corrected chi connectivity index (χ3v) is 3.49. The Labute approximate surface area is 126 Å². The molecule has 0 aliphatic carbocycles. The molecule has 0 fully saturated rings. The van der Waals surface area contributed by atoms with E-state index >= 15 is 0 Å². The summed E-state index contributed by atoms with van der Waals surface area (Å²) < 4.78 is 5.60. The lowest BCUT2D eigenvalue weighted by atomic mass is 10.1. The number of aryl methyl sites for hydroxylation is 2. The summed E-state index contributed by atoms with van der Waals surface area (Å²) in [6.45, 7) is 5.74. The van der Waals surface area contributed by atoms with Crippen molar-refractivity contribution in [3.8, 4) is 18.1 Å². The fraction of sp³-hybridized carbons (Fsp3) is 0.500. The lowest BCUT2D eigenvalue weighted by molar-refractivity contribution is 0.107. The first kappa shape index (κ1) is 16.9. The third kappa shape index (κ3) is 7.44. The van der Waals surface area contributed by atoms with Crippen LogP contribution in [0.25, 0.3) is 0 Å². The number of rotatable bonds is 9. The van der Waals surface area contributed by atoms with Crippen molar-refractivity contribution in [1.82, 2.24) is 5.32 Å². The standard InChI is InChI=1S/C16H23NO2S/c1-4-6-20-7-5-17-11-15(18)12-19-16-9-13(2)8-14(3)10-16/h1,8-10,15,17-18H,5-7,11-12H2,2-3H3. The monoisotopic (exact) mass is 293 g/mol. The molecule has 0 spiro atoms. The van der Waals surface area contributed by atoms with Gasteiger partial charge in [0, 0.05) is 18.8 Å². The van der Waals surface area contributed by atoms with E-state index in [4.69, 9.17) is 11.2 Å². The number of benzene rings is 1. The summed E-state index contributed by atoms with van der Waals surface area (Å²) >= 11 is 1.71. The van der Waals surface area contributed by atoms with Crippen molar-refractivity contribution in [2.45, 2.75) is 20.0 Å². The molecule has 2 N–H and O–H groups in total. The first-order chi connectivity index (χ1) is 9.61. The van der Waals surface area contributed by atoms with Crippen LogP contribution in [0.15, 0.2) is 18.2 Å². The van der Waals surface area contributed by atoms with E-state index in [2.05, 4.69) is 17.3 Å². The molecular formula is C16H23NO2S. The van der Waals surface area contributed by atoms with Gasteiger partial charge in [0.05, 0.1) is 5.75 Å². The van der Waals surface area contributed by atoms with Crippen LogP contribution in [0.3, 0.4) is 0 Å². The highest BCUT2D eigenvalue weighted by Crippen LogP contribution is 2.16. The van der Waals surface area contributed by atoms with Gasteiger partial charge >= 0.3 is 0 Å². The molecule has 1 atom stereocenters. The maximum absolute atomic E-state index is 9.83. The van der Waals surface area contributed by atoms with Crippen molar-refractivity contribution in [2.75, 3.05) is 31.2 Å². The molecule has 110 valence electrons. The summed E-state index contributed by atoms with van der Waals surface area (Å²) in [4.78, 5) is 0. The van der Waals surface area contributed by atoms with Gasteiger partial charge in [0.25, 0.3) is 0 Å². The largest absolute Gasteiger partial charge is 0.491 e. The van der Waals surface area contributed by atoms with Crippen molar-refractivity contribution in [3.05, 3.63) is 29.3 Å². The van der Waals surface area contributed by atoms with E-state index in [0.717, 1.165) is 34.9 Å². The normalized spacial score (nSPS) is 11.9. The van der Waals surface area contributed by atoms with E-state index in [1.54, 1.807) is 11.8 Å². The molecule has 0 aromatic heterocycles. The fourth-order valence-corrected chi connectivity index (χ4v) is 2.36. The van der Waals surface area contributed by atoms with Gasteiger partial charge in [-0.15, -0.1) is 18.2 Å². The lowest BCUT2D eigenvalue weighted by Crippen LogP contribution is -2.32. The van der Waals surface area contributed by atoms with E-state index < -0.39 is 6.10 Å². The first-order valence-electron chi connectivity index (χ1n) is 6.73. The molecule has 0 saturated carbocycles. The summed E-state index contributed by atoms with van der Waals surface area (Å²) in [6, 6.07) is 6.05. The van der Waals surface area contributed by atoms with Gasteiger partial charge in [0.1, 0.15) is 18.5 Å². The van der Waals surface area contributed by atoms with E-state index in [9.17, 15) is 5.11 Å². The molecule has 0 heterocycles. The molecule has 0 aliphatic heterocycles. The average molecular weight is 293 g/mol. The third-order valence-electron chi connectivity index (χ3n) is 2.63. The van der Waals surface area contributed by atoms with Gasteiger partial charge in [-0.05, 0) is 37.1 Å². The van der Waals surface area contributed by atoms with Crippen molar-refractivity contribution < 1.29 is 9.84 Å². The summed E-state index contributed by atoms with van der Waals surface area (Å²) in [5.41, 5.74) is 2.33. The summed E-state index contributed by atoms with van der Waals surface area (Å²) in [6.07, 6.45) is 4.65. The zero-order valence-electron chi connectivity index (χ0n) is 12.2. The molecule has 3 nitrogen and oxygen atoms in total. The van der Waals surface area contributed by atoms with Gasteiger partial charge < -0.3 is 15.2 Å². The van der Waals surface area contributed by atoms with Crippen LogP contribution in [0.2, 0.25) is 0 Å². The molecule has 1 aromatic rings. The summed E-state index contributed by atoms with van der Waals surface area (Å²) in [5.74, 6) is 5.08. The molecule has 0 radical (unpaired) electrons. The number of aliphatic hydroxyl groups is 1. The van der Waals surface area contributed by atoms with Gasteiger partial charge in [0.15, 0.2) is 0 Å². The highest BCUT2D eigenvalue weighted by Gasteiger charge is 2.05. The Bertz CT molecular complexity index is 422. The highest BCUT2D eigenvalue weighted by molar-refractivity contribution is 7.99. The number of ether oxygens (including phenoxy) is 1.